The molecule has 0 bridgehead atoms. The molecular weight excluding hydrogens is 300 g/mol. The van der Waals surface area contributed by atoms with Crippen molar-refractivity contribution in [3.05, 3.63) is 90.0 Å². The number of hydrogen-bond donors (Lipinski definition) is 1. The van der Waals surface area contributed by atoms with Gasteiger partial charge in [-0.05, 0) is 23.3 Å². The third kappa shape index (κ3) is 4.53. The predicted molar refractivity (Wildman–Crippen MR) is 94.5 cm³/mol. The van der Waals surface area contributed by atoms with Gasteiger partial charge < -0.3 is 14.6 Å². The van der Waals surface area contributed by atoms with Crippen molar-refractivity contribution in [1.29, 1.82) is 0 Å². The Morgan fingerprint density at radius 1 is 0.667 bits per heavy atom. The minimum Gasteiger partial charge on any atom is -0.508 e. The lowest BCUT2D eigenvalue weighted by Crippen LogP contribution is -2.03. The molecule has 0 unspecified atom stereocenters. The standard InChI is InChI=1S/C21H20O3/c22-19-11-12-20(24-16-18-9-5-2-6-10-18)21(15-19)23-14-13-17-7-3-1-4-8-17/h1-12,15,22H,13-14,16H2. The second kappa shape index (κ2) is 8.06. The van der Waals surface area contributed by atoms with E-state index in [2.05, 4.69) is 12.1 Å². The first-order valence-electron chi connectivity index (χ1n) is 7.98. The van der Waals surface area contributed by atoms with Crippen LogP contribution in [0, 0.1) is 0 Å². The number of benzene rings is 3. The zero-order valence-electron chi connectivity index (χ0n) is 13.4. The van der Waals surface area contributed by atoms with Gasteiger partial charge in [-0.1, -0.05) is 60.7 Å². The maximum Gasteiger partial charge on any atom is 0.164 e. The van der Waals surface area contributed by atoms with E-state index in [1.807, 2.05) is 48.5 Å². The summed E-state index contributed by atoms with van der Waals surface area (Å²) in [6.07, 6.45) is 0.800. The molecule has 3 heteroatoms. The van der Waals surface area contributed by atoms with Gasteiger partial charge in [-0.25, -0.2) is 0 Å². The zero-order chi connectivity index (χ0) is 16.6. The van der Waals surface area contributed by atoms with Crippen LogP contribution in [0.15, 0.2) is 78.9 Å². The number of phenols is 1. The first-order valence-corrected chi connectivity index (χ1v) is 7.98. The summed E-state index contributed by atoms with van der Waals surface area (Å²) < 4.78 is 11.7. The van der Waals surface area contributed by atoms with Crippen LogP contribution in [0.5, 0.6) is 17.2 Å². The quantitative estimate of drug-likeness (QED) is 0.692. The normalized spacial score (nSPS) is 10.3. The van der Waals surface area contributed by atoms with Crippen molar-refractivity contribution < 1.29 is 14.6 Å². The first kappa shape index (κ1) is 15.9. The summed E-state index contributed by atoms with van der Waals surface area (Å²) in [6, 6.07) is 25.0. The highest BCUT2D eigenvalue weighted by atomic mass is 16.5. The molecule has 0 fully saturated rings. The van der Waals surface area contributed by atoms with Crippen LogP contribution in [0.3, 0.4) is 0 Å². The Morgan fingerprint density at radius 3 is 2.04 bits per heavy atom. The molecular formula is C21H20O3. The third-order valence-electron chi connectivity index (χ3n) is 3.66. The van der Waals surface area contributed by atoms with Gasteiger partial charge in [0, 0.05) is 12.5 Å². The molecule has 0 aliphatic carbocycles. The van der Waals surface area contributed by atoms with E-state index in [4.69, 9.17) is 9.47 Å². The Morgan fingerprint density at radius 2 is 1.33 bits per heavy atom. The Balaban J connectivity index is 1.62. The first-order chi connectivity index (χ1) is 11.8. The highest BCUT2D eigenvalue weighted by molar-refractivity contribution is 5.45. The van der Waals surface area contributed by atoms with Crippen LogP contribution in [-0.2, 0) is 13.0 Å². The van der Waals surface area contributed by atoms with Crippen molar-refractivity contribution in [2.45, 2.75) is 13.0 Å². The van der Waals surface area contributed by atoms with Crippen molar-refractivity contribution >= 4 is 0 Å². The molecule has 0 aliphatic heterocycles. The SMILES string of the molecule is Oc1ccc(OCc2ccccc2)c(OCCc2ccccc2)c1. The fraction of sp³-hybridized carbons (Fsp3) is 0.143. The van der Waals surface area contributed by atoms with Crippen LogP contribution in [0.2, 0.25) is 0 Å². The summed E-state index contributed by atoms with van der Waals surface area (Å²) in [6.45, 7) is 0.982. The van der Waals surface area contributed by atoms with E-state index in [1.54, 1.807) is 18.2 Å². The van der Waals surface area contributed by atoms with Gasteiger partial charge in [0.15, 0.2) is 11.5 Å². The zero-order valence-corrected chi connectivity index (χ0v) is 13.4. The average molecular weight is 320 g/mol. The van der Waals surface area contributed by atoms with Gasteiger partial charge in [-0.15, -0.1) is 0 Å². The molecule has 0 spiro atoms. The molecule has 24 heavy (non-hydrogen) atoms. The van der Waals surface area contributed by atoms with Crippen LogP contribution >= 0.6 is 0 Å². The van der Waals surface area contributed by atoms with Gasteiger partial charge in [-0.3, -0.25) is 0 Å². The molecule has 0 amide bonds. The van der Waals surface area contributed by atoms with Crippen molar-refractivity contribution in [3.63, 3.8) is 0 Å². The maximum absolute atomic E-state index is 9.70. The Kier molecular flexibility index (Phi) is 5.36. The summed E-state index contributed by atoms with van der Waals surface area (Å²) in [5, 5.41) is 9.70. The lowest BCUT2D eigenvalue weighted by Gasteiger charge is -2.13. The smallest absolute Gasteiger partial charge is 0.164 e. The molecule has 3 aromatic rings. The number of phenolic OH excluding ortho intramolecular Hbond substituents is 1. The lowest BCUT2D eigenvalue weighted by molar-refractivity contribution is 0.262. The van der Waals surface area contributed by atoms with Gasteiger partial charge in [0.2, 0.25) is 0 Å². The number of hydrogen-bond acceptors (Lipinski definition) is 3. The second-order valence-electron chi connectivity index (χ2n) is 5.49. The minimum absolute atomic E-state index is 0.164. The molecule has 0 aromatic heterocycles. The van der Waals surface area contributed by atoms with Crippen molar-refractivity contribution in [2.75, 3.05) is 6.61 Å². The van der Waals surface area contributed by atoms with Crippen molar-refractivity contribution in [2.24, 2.45) is 0 Å². The molecule has 0 heterocycles. The van der Waals surface area contributed by atoms with Gasteiger partial charge in [-0.2, -0.15) is 0 Å². The highest BCUT2D eigenvalue weighted by Crippen LogP contribution is 2.31. The molecule has 0 radical (unpaired) electrons. The summed E-state index contributed by atoms with van der Waals surface area (Å²) in [5.41, 5.74) is 2.30. The minimum atomic E-state index is 0.164. The second-order valence-corrected chi connectivity index (χ2v) is 5.49. The topological polar surface area (TPSA) is 38.7 Å². The summed E-state index contributed by atoms with van der Waals surface area (Å²) in [5.74, 6) is 1.35. The van der Waals surface area contributed by atoms with Crippen molar-refractivity contribution in [1.82, 2.24) is 0 Å². The molecule has 122 valence electrons. The molecule has 0 atom stereocenters. The largest absolute Gasteiger partial charge is 0.508 e. The number of rotatable bonds is 7. The van der Waals surface area contributed by atoms with E-state index in [0.29, 0.717) is 24.7 Å². The van der Waals surface area contributed by atoms with Gasteiger partial charge in [0.25, 0.3) is 0 Å². The van der Waals surface area contributed by atoms with E-state index in [1.165, 1.54) is 5.56 Å². The van der Waals surface area contributed by atoms with Gasteiger partial charge in [0.1, 0.15) is 12.4 Å². The average Bonchev–Trinajstić information content (AvgIpc) is 2.63. The Labute approximate surface area is 142 Å². The predicted octanol–water partition coefficient (Wildman–Crippen LogP) is 4.59. The summed E-state index contributed by atoms with van der Waals surface area (Å²) in [4.78, 5) is 0. The summed E-state index contributed by atoms with van der Waals surface area (Å²) >= 11 is 0. The third-order valence-corrected chi connectivity index (χ3v) is 3.66. The molecule has 3 aromatic carbocycles. The fourth-order valence-corrected chi connectivity index (χ4v) is 2.39. The molecule has 0 saturated carbocycles. The number of ether oxygens (including phenoxy) is 2. The van der Waals surface area contributed by atoms with Crippen molar-refractivity contribution in [3.8, 4) is 17.2 Å². The fourth-order valence-electron chi connectivity index (χ4n) is 2.39. The molecule has 0 aliphatic rings. The van der Waals surface area contributed by atoms with E-state index in [-0.39, 0.29) is 5.75 Å². The van der Waals surface area contributed by atoms with Crippen LogP contribution in [-0.4, -0.2) is 11.7 Å². The number of aromatic hydroxyl groups is 1. The van der Waals surface area contributed by atoms with Crippen LogP contribution in [0.25, 0.3) is 0 Å². The Hall–Kier alpha value is -2.94. The van der Waals surface area contributed by atoms with E-state index < -0.39 is 0 Å². The van der Waals surface area contributed by atoms with E-state index in [0.717, 1.165) is 12.0 Å². The van der Waals surface area contributed by atoms with E-state index >= 15 is 0 Å². The van der Waals surface area contributed by atoms with Gasteiger partial charge >= 0.3 is 0 Å². The Bertz CT molecular complexity index is 755. The molecule has 0 saturated heterocycles. The lowest BCUT2D eigenvalue weighted by atomic mass is 10.2. The summed E-state index contributed by atoms with van der Waals surface area (Å²) in [7, 11) is 0. The van der Waals surface area contributed by atoms with Crippen LogP contribution in [0.1, 0.15) is 11.1 Å². The van der Waals surface area contributed by atoms with E-state index in [9.17, 15) is 5.11 Å². The van der Waals surface area contributed by atoms with Gasteiger partial charge in [0.05, 0.1) is 6.61 Å². The molecule has 3 nitrogen and oxygen atoms in total. The van der Waals surface area contributed by atoms with Crippen LogP contribution in [0.4, 0.5) is 0 Å². The maximum atomic E-state index is 9.70. The molecule has 1 N–H and O–H groups in total. The van der Waals surface area contributed by atoms with Crippen LogP contribution < -0.4 is 9.47 Å². The molecule has 3 rings (SSSR count). The highest BCUT2D eigenvalue weighted by Gasteiger charge is 2.07. The monoisotopic (exact) mass is 320 g/mol.